The van der Waals surface area contributed by atoms with Crippen LogP contribution in [0.3, 0.4) is 0 Å². The lowest BCUT2D eigenvalue weighted by molar-refractivity contribution is 0.494. The van der Waals surface area contributed by atoms with E-state index in [1.807, 2.05) is 36.6 Å². The maximum Gasteiger partial charge on any atom is 0.164 e. The van der Waals surface area contributed by atoms with Gasteiger partial charge in [0.1, 0.15) is 0 Å². The normalized spacial score (nSPS) is 12.6. The van der Waals surface area contributed by atoms with E-state index in [1.54, 1.807) is 17.4 Å². The van der Waals surface area contributed by atoms with Crippen LogP contribution >= 0.6 is 11.3 Å². The molecular formula is C16H13F2NS. The summed E-state index contributed by atoms with van der Waals surface area (Å²) in [5.74, 6) is -1.60. The molecule has 1 unspecified atom stereocenters. The van der Waals surface area contributed by atoms with Crippen molar-refractivity contribution < 1.29 is 8.78 Å². The van der Waals surface area contributed by atoms with Crippen molar-refractivity contribution in [2.45, 2.75) is 13.0 Å². The molecule has 0 aliphatic rings. The summed E-state index contributed by atoms with van der Waals surface area (Å²) in [5.41, 5.74) is 1.22. The zero-order valence-electron chi connectivity index (χ0n) is 10.9. The number of halogens is 2. The second-order valence-electron chi connectivity index (χ2n) is 4.68. The van der Waals surface area contributed by atoms with E-state index in [0.717, 1.165) is 17.1 Å². The summed E-state index contributed by atoms with van der Waals surface area (Å²) in [4.78, 5) is 0. The zero-order chi connectivity index (χ0) is 14.1. The molecule has 2 aromatic carbocycles. The monoisotopic (exact) mass is 289 g/mol. The molecule has 0 spiro atoms. The number of rotatable bonds is 3. The number of nitrogens with one attached hydrogen (secondary N) is 1. The first-order valence-corrected chi connectivity index (χ1v) is 7.21. The molecule has 0 aliphatic carbocycles. The van der Waals surface area contributed by atoms with Gasteiger partial charge < -0.3 is 5.32 Å². The molecular weight excluding hydrogens is 276 g/mol. The molecule has 4 heteroatoms. The van der Waals surface area contributed by atoms with Crippen LogP contribution in [-0.4, -0.2) is 0 Å². The van der Waals surface area contributed by atoms with E-state index in [4.69, 9.17) is 0 Å². The minimum absolute atomic E-state index is 0.304. The maximum atomic E-state index is 13.7. The number of anilines is 1. The van der Waals surface area contributed by atoms with Crippen LogP contribution in [0.1, 0.15) is 18.5 Å². The Kier molecular flexibility index (Phi) is 3.40. The molecule has 0 bridgehead atoms. The predicted octanol–water partition coefficient (Wildman–Crippen LogP) is 5.35. The van der Waals surface area contributed by atoms with Crippen molar-refractivity contribution in [3.05, 3.63) is 65.0 Å². The van der Waals surface area contributed by atoms with Crippen LogP contribution in [-0.2, 0) is 0 Å². The summed E-state index contributed by atoms with van der Waals surface area (Å²) in [6, 6.07) is 12.0. The third kappa shape index (κ3) is 2.39. The molecule has 1 aromatic heterocycles. The van der Waals surface area contributed by atoms with Gasteiger partial charge in [-0.05, 0) is 48.0 Å². The van der Waals surface area contributed by atoms with Gasteiger partial charge in [-0.25, -0.2) is 8.78 Å². The Morgan fingerprint density at radius 1 is 1.10 bits per heavy atom. The number of hydrogen-bond donors (Lipinski definition) is 1. The second kappa shape index (κ2) is 5.21. The van der Waals surface area contributed by atoms with Gasteiger partial charge >= 0.3 is 0 Å². The fourth-order valence-electron chi connectivity index (χ4n) is 2.24. The molecule has 1 N–H and O–H groups in total. The molecule has 0 amide bonds. The topological polar surface area (TPSA) is 12.0 Å². The van der Waals surface area contributed by atoms with Gasteiger partial charge in [0, 0.05) is 16.0 Å². The highest BCUT2D eigenvalue weighted by atomic mass is 32.1. The third-order valence-corrected chi connectivity index (χ3v) is 4.18. The highest BCUT2D eigenvalue weighted by Gasteiger charge is 2.14. The van der Waals surface area contributed by atoms with E-state index in [2.05, 4.69) is 5.32 Å². The Labute approximate surface area is 119 Å². The molecule has 102 valence electrons. The fourth-order valence-corrected chi connectivity index (χ4v) is 3.01. The van der Waals surface area contributed by atoms with E-state index in [1.165, 1.54) is 10.8 Å². The molecule has 1 nitrogen and oxygen atoms in total. The number of hydrogen-bond acceptors (Lipinski definition) is 2. The van der Waals surface area contributed by atoms with Gasteiger partial charge in [0.25, 0.3) is 0 Å². The molecule has 20 heavy (non-hydrogen) atoms. The molecule has 1 atom stereocenters. The van der Waals surface area contributed by atoms with E-state index in [-0.39, 0.29) is 6.04 Å². The Bertz CT molecular complexity index is 751. The first-order chi connectivity index (χ1) is 9.65. The SMILES string of the molecule is CC(Nc1ccc2sccc2c1)c1cccc(F)c1F. The third-order valence-electron chi connectivity index (χ3n) is 3.28. The lowest BCUT2D eigenvalue weighted by atomic mass is 10.1. The minimum atomic E-state index is -0.815. The predicted molar refractivity (Wildman–Crippen MR) is 80.2 cm³/mol. The first kappa shape index (κ1) is 13.1. The molecule has 1 heterocycles. The standard InChI is InChI=1S/C16H13F2NS/c1-10(13-3-2-4-14(17)16(13)18)19-12-5-6-15-11(9-12)7-8-20-15/h2-10,19H,1H3. The minimum Gasteiger partial charge on any atom is -0.378 e. The van der Waals surface area contributed by atoms with Crippen LogP contribution in [0.4, 0.5) is 14.5 Å². The van der Waals surface area contributed by atoms with Crippen molar-refractivity contribution >= 4 is 27.1 Å². The summed E-state index contributed by atoms with van der Waals surface area (Å²) in [5, 5.41) is 6.38. The van der Waals surface area contributed by atoms with Crippen LogP contribution in [0, 0.1) is 11.6 Å². The number of thiophene rings is 1. The average molecular weight is 289 g/mol. The van der Waals surface area contributed by atoms with Crippen molar-refractivity contribution in [1.82, 2.24) is 0 Å². The quantitative estimate of drug-likeness (QED) is 0.685. The van der Waals surface area contributed by atoms with Gasteiger partial charge in [-0.3, -0.25) is 0 Å². The van der Waals surface area contributed by atoms with Crippen molar-refractivity contribution in [3.8, 4) is 0 Å². The lowest BCUT2D eigenvalue weighted by Crippen LogP contribution is -2.09. The molecule has 0 aliphatic heterocycles. The van der Waals surface area contributed by atoms with Gasteiger partial charge in [-0.2, -0.15) is 0 Å². The van der Waals surface area contributed by atoms with E-state index in [0.29, 0.717) is 5.56 Å². The number of benzene rings is 2. The molecule has 3 rings (SSSR count). The molecule has 3 aromatic rings. The molecule has 0 radical (unpaired) electrons. The summed E-state index contributed by atoms with van der Waals surface area (Å²) in [7, 11) is 0. The van der Waals surface area contributed by atoms with Crippen molar-refractivity contribution in [3.63, 3.8) is 0 Å². The van der Waals surface area contributed by atoms with Crippen molar-refractivity contribution in [1.29, 1.82) is 0 Å². The maximum absolute atomic E-state index is 13.7. The average Bonchev–Trinajstić information content (AvgIpc) is 2.89. The Hall–Kier alpha value is -1.94. The largest absolute Gasteiger partial charge is 0.378 e. The summed E-state index contributed by atoms with van der Waals surface area (Å²) < 4.78 is 28.2. The van der Waals surface area contributed by atoms with Crippen molar-refractivity contribution in [2.24, 2.45) is 0 Å². The van der Waals surface area contributed by atoms with Gasteiger partial charge in [-0.1, -0.05) is 12.1 Å². The Morgan fingerprint density at radius 3 is 2.80 bits per heavy atom. The highest BCUT2D eigenvalue weighted by Crippen LogP contribution is 2.27. The smallest absolute Gasteiger partial charge is 0.164 e. The fraction of sp³-hybridized carbons (Fsp3) is 0.125. The first-order valence-electron chi connectivity index (χ1n) is 6.33. The summed E-state index contributed by atoms with van der Waals surface area (Å²) in [6.45, 7) is 1.82. The Balaban J connectivity index is 1.87. The zero-order valence-corrected chi connectivity index (χ0v) is 11.7. The van der Waals surface area contributed by atoms with Gasteiger partial charge in [0.05, 0.1) is 6.04 Å². The lowest BCUT2D eigenvalue weighted by Gasteiger charge is -2.16. The van der Waals surface area contributed by atoms with Crippen LogP contribution in [0.5, 0.6) is 0 Å². The highest BCUT2D eigenvalue weighted by molar-refractivity contribution is 7.17. The summed E-state index contributed by atoms with van der Waals surface area (Å²) >= 11 is 1.68. The van der Waals surface area contributed by atoms with Gasteiger partial charge in [0.15, 0.2) is 11.6 Å². The van der Waals surface area contributed by atoms with Crippen molar-refractivity contribution in [2.75, 3.05) is 5.32 Å². The van der Waals surface area contributed by atoms with Gasteiger partial charge in [0.2, 0.25) is 0 Å². The molecule has 0 saturated heterocycles. The van der Waals surface area contributed by atoms with Crippen LogP contribution in [0.15, 0.2) is 47.8 Å². The van der Waals surface area contributed by atoms with Crippen LogP contribution in [0.2, 0.25) is 0 Å². The van der Waals surface area contributed by atoms with Gasteiger partial charge in [-0.15, -0.1) is 11.3 Å². The van der Waals surface area contributed by atoms with E-state index in [9.17, 15) is 8.78 Å². The molecule has 0 saturated carbocycles. The van der Waals surface area contributed by atoms with E-state index >= 15 is 0 Å². The Morgan fingerprint density at radius 2 is 1.95 bits per heavy atom. The second-order valence-corrected chi connectivity index (χ2v) is 5.63. The van der Waals surface area contributed by atoms with Crippen LogP contribution < -0.4 is 5.32 Å². The van der Waals surface area contributed by atoms with E-state index < -0.39 is 11.6 Å². The summed E-state index contributed by atoms with van der Waals surface area (Å²) in [6.07, 6.45) is 0. The van der Waals surface area contributed by atoms with Crippen LogP contribution in [0.25, 0.3) is 10.1 Å². The molecule has 0 fully saturated rings. The number of fused-ring (bicyclic) bond motifs is 1.